The SMILES string of the molecule is C[C@H](CO)S[C@H]1CCN(CC(F)(F)F)C1=O. The lowest BCUT2D eigenvalue weighted by molar-refractivity contribution is -0.157. The van der Waals surface area contributed by atoms with Crippen molar-refractivity contribution >= 4 is 17.7 Å². The van der Waals surface area contributed by atoms with E-state index in [0.717, 1.165) is 4.90 Å². The Balaban J connectivity index is 2.48. The third kappa shape index (κ3) is 3.86. The summed E-state index contributed by atoms with van der Waals surface area (Å²) in [5.41, 5.74) is 0. The summed E-state index contributed by atoms with van der Waals surface area (Å²) in [6, 6.07) is 0. The first-order valence-electron chi connectivity index (χ1n) is 4.95. The highest BCUT2D eigenvalue weighted by Crippen LogP contribution is 2.29. The minimum atomic E-state index is -4.34. The highest BCUT2D eigenvalue weighted by molar-refractivity contribution is 8.01. The smallest absolute Gasteiger partial charge is 0.395 e. The van der Waals surface area contributed by atoms with Gasteiger partial charge in [-0.05, 0) is 6.42 Å². The first-order valence-corrected chi connectivity index (χ1v) is 5.89. The van der Waals surface area contributed by atoms with Gasteiger partial charge in [0.1, 0.15) is 6.54 Å². The lowest BCUT2D eigenvalue weighted by atomic mass is 10.4. The summed E-state index contributed by atoms with van der Waals surface area (Å²) in [5.74, 6) is -0.470. The maximum atomic E-state index is 12.1. The topological polar surface area (TPSA) is 40.5 Å². The third-order valence-electron chi connectivity index (χ3n) is 2.27. The molecular weight excluding hydrogens is 243 g/mol. The number of rotatable bonds is 4. The van der Waals surface area contributed by atoms with Crippen molar-refractivity contribution in [2.45, 2.75) is 30.0 Å². The summed E-state index contributed by atoms with van der Waals surface area (Å²) in [6.07, 6.45) is -3.91. The zero-order valence-corrected chi connectivity index (χ0v) is 9.64. The van der Waals surface area contributed by atoms with Gasteiger partial charge in [0, 0.05) is 11.8 Å². The second-order valence-corrected chi connectivity index (χ2v) is 5.43. The van der Waals surface area contributed by atoms with E-state index < -0.39 is 23.9 Å². The quantitative estimate of drug-likeness (QED) is 0.824. The molecule has 0 aromatic rings. The molecule has 1 aliphatic heterocycles. The molecule has 1 heterocycles. The normalized spacial score (nSPS) is 23.9. The van der Waals surface area contributed by atoms with Crippen LogP contribution in [0.2, 0.25) is 0 Å². The first-order chi connectivity index (χ1) is 7.33. The van der Waals surface area contributed by atoms with Gasteiger partial charge in [-0.15, -0.1) is 11.8 Å². The van der Waals surface area contributed by atoms with Crippen LogP contribution in [0.25, 0.3) is 0 Å². The van der Waals surface area contributed by atoms with Crippen LogP contribution in [0.4, 0.5) is 13.2 Å². The summed E-state index contributed by atoms with van der Waals surface area (Å²) in [6.45, 7) is 0.642. The predicted octanol–water partition coefficient (Wildman–Crippen LogP) is 1.26. The maximum absolute atomic E-state index is 12.1. The van der Waals surface area contributed by atoms with Crippen molar-refractivity contribution in [2.75, 3.05) is 19.7 Å². The van der Waals surface area contributed by atoms with Crippen LogP contribution < -0.4 is 0 Å². The second-order valence-electron chi connectivity index (χ2n) is 3.78. The molecule has 3 nitrogen and oxygen atoms in total. The highest BCUT2D eigenvalue weighted by atomic mass is 32.2. The molecule has 1 saturated heterocycles. The molecule has 0 bridgehead atoms. The van der Waals surface area contributed by atoms with Crippen LogP contribution in [0.1, 0.15) is 13.3 Å². The summed E-state index contributed by atoms with van der Waals surface area (Å²) >= 11 is 1.24. The number of nitrogens with zero attached hydrogens (tertiary/aromatic N) is 1. The van der Waals surface area contributed by atoms with Crippen LogP contribution in [-0.2, 0) is 4.79 Å². The molecular formula is C9H14F3NO2S. The molecule has 0 radical (unpaired) electrons. The Bertz CT molecular complexity index is 260. The van der Waals surface area contributed by atoms with Gasteiger partial charge in [0.2, 0.25) is 5.91 Å². The number of amides is 1. The Morgan fingerprint density at radius 3 is 2.75 bits per heavy atom. The van der Waals surface area contributed by atoms with Gasteiger partial charge < -0.3 is 10.0 Å². The minimum Gasteiger partial charge on any atom is -0.395 e. The monoisotopic (exact) mass is 257 g/mol. The van der Waals surface area contributed by atoms with Gasteiger partial charge in [-0.2, -0.15) is 13.2 Å². The summed E-state index contributed by atoms with van der Waals surface area (Å²) in [7, 11) is 0. The molecule has 2 atom stereocenters. The number of carbonyl (C=O) groups excluding carboxylic acids is 1. The van der Waals surface area contributed by atoms with Gasteiger partial charge in [0.05, 0.1) is 11.9 Å². The molecule has 94 valence electrons. The zero-order chi connectivity index (χ0) is 12.3. The highest BCUT2D eigenvalue weighted by Gasteiger charge is 2.39. The first kappa shape index (κ1) is 13.6. The van der Waals surface area contributed by atoms with Crippen molar-refractivity contribution in [3.8, 4) is 0 Å². The van der Waals surface area contributed by atoms with Crippen LogP contribution >= 0.6 is 11.8 Å². The minimum absolute atomic E-state index is 0.0757. The predicted molar refractivity (Wildman–Crippen MR) is 55.2 cm³/mol. The molecule has 0 aromatic carbocycles. The van der Waals surface area contributed by atoms with E-state index in [1.54, 1.807) is 6.92 Å². The average Bonchev–Trinajstić information content (AvgIpc) is 2.47. The number of aliphatic hydroxyl groups is 1. The van der Waals surface area contributed by atoms with E-state index in [-0.39, 0.29) is 18.4 Å². The van der Waals surface area contributed by atoms with E-state index in [4.69, 9.17) is 5.11 Å². The molecule has 0 aromatic heterocycles. The molecule has 1 N–H and O–H groups in total. The van der Waals surface area contributed by atoms with Crippen molar-refractivity contribution in [1.82, 2.24) is 4.90 Å². The van der Waals surface area contributed by atoms with Crippen molar-refractivity contribution in [1.29, 1.82) is 0 Å². The van der Waals surface area contributed by atoms with Gasteiger partial charge in [-0.25, -0.2) is 0 Å². The van der Waals surface area contributed by atoms with Crippen LogP contribution in [0.15, 0.2) is 0 Å². The lowest BCUT2D eigenvalue weighted by Crippen LogP contribution is -2.37. The van der Waals surface area contributed by atoms with Crippen molar-refractivity contribution < 1.29 is 23.1 Å². The van der Waals surface area contributed by atoms with E-state index in [9.17, 15) is 18.0 Å². The number of carbonyl (C=O) groups is 1. The van der Waals surface area contributed by atoms with E-state index >= 15 is 0 Å². The molecule has 16 heavy (non-hydrogen) atoms. The second kappa shape index (κ2) is 5.27. The van der Waals surface area contributed by atoms with Crippen molar-refractivity contribution in [2.24, 2.45) is 0 Å². The van der Waals surface area contributed by atoms with Crippen molar-refractivity contribution in [3.63, 3.8) is 0 Å². The standard InChI is InChI=1S/C9H14F3NO2S/c1-6(4-14)16-7-2-3-13(8(7)15)5-9(10,11)12/h6-7,14H,2-5H2,1H3/t6-,7+/m1/s1. The largest absolute Gasteiger partial charge is 0.406 e. The fourth-order valence-corrected chi connectivity index (χ4v) is 2.69. The van der Waals surface area contributed by atoms with Crippen LogP contribution in [-0.4, -0.2) is 52.3 Å². The Morgan fingerprint density at radius 2 is 2.25 bits per heavy atom. The summed E-state index contributed by atoms with van der Waals surface area (Å²) in [4.78, 5) is 12.4. The lowest BCUT2D eigenvalue weighted by Gasteiger charge is -2.19. The number of thioether (sulfide) groups is 1. The van der Waals surface area contributed by atoms with E-state index in [2.05, 4.69) is 0 Å². The number of likely N-dealkylation sites (tertiary alicyclic amines) is 1. The van der Waals surface area contributed by atoms with Crippen LogP contribution in [0, 0.1) is 0 Å². The van der Waals surface area contributed by atoms with Crippen molar-refractivity contribution in [3.05, 3.63) is 0 Å². The van der Waals surface area contributed by atoms with Gasteiger partial charge in [0.25, 0.3) is 0 Å². The van der Waals surface area contributed by atoms with E-state index in [1.165, 1.54) is 11.8 Å². The average molecular weight is 257 g/mol. The Morgan fingerprint density at radius 1 is 1.62 bits per heavy atom. The fourth-order valence-electron chi connectivity index (χ4n) is 1.53. The van der Waals surface area contributed by atoms with Crippen LogP contribution in [0.3, 0.4) is 0 Å². The fraction of sp³-hybridized carbons (Fsp3) is 0.889. The number of halogens is 3. The Hall–Kier alpha value is -0.430. The number of hydrogen-bond acceptors (Lipinski definition) is 3. The molecule has 0 unspecified atom stereocenters. The third-order valence-corrected chi connectivity index (χ3v) is 3.65. The van der Waals surface area contributed by atoms with Gasteiger partial charge in [0.15, 0.2) is 0 Å². The number of alkyl halides is 3. The van der Waals surface area contributed by atoms with Gasteiger partial charge in [-0.1, -0.05) is 6.92 Å². The Kier molecular flexibility index (Phi) is 4.49. The van der Waals surface area contributed by atoms with Gasteiger partial charge in [-0.3, -0.25) is 4.79 Å². The van der Waals surface area contributed by atoms with E-state index in [1.807, 2.05) is 0 Å². The molecule has 1 rings (SSSR count). The molecule has 7 heteroatoms. The summed E-state index contributed by atoms with van der Waals surface area (Å²) in [5, 5.41) is 8.24. The molecule has 0 saturated carbocycles. The molecule has 1 aliphatic rings. The van der Waals surface area contributed by atoms with Gasteiger partial charge >= 0.3 is 6.18 Å². The Labute approximate surface area is 96.0 Å². The van der Waals surface area contributed by atoms with Crippen LogP contribution in [0.5, 0.6) is 0 Å². The molecule has 1 fully saturated rings. The number of aliphatic hydroxyl groups excluding tert-OH is 1. The molecule has 0 spiro atoms. The molecule has 0 aliphatic carbocycles. The molecule has 1 amide bonds. The zero-order valence-electron chi connectivity index (χ0n) is 8.83. The number of hydrogen-bond donors (Lipinski definition) is 1. The van der Waals surface area contributed by atoms with E-state index in [0.29, 0.717) is 6.42 Å². The summed E-state index contributed by atoms with van der Waals surface area (Å²) < 4.78 is 36.3. The maximum Gasteiger partial charge on any atom is 0.406 e.